The second kappa shape index (κ2) is 11.5. The van der Waals surface area contributed by atoms with E-state index in [1.807, 2.05) is 0 Å². The van der Waals surface area contributed by atoms with Gasteiger partial charge in [-0.2, -0.15) is 0 Å². The average molecular weight is 637 g/mol. The Morgan fingerprint density at radius 3 is 1.32 bits per heavy atom. The van der Waals surface area contributed by atoms with Crippen molar-refractivity contribution in [2.75, 3.05) is 0 Å². The molecule has 0 radical (unpaired) electrons. The van der Waals surface area contributed by atoms with E-state index in [2.05, 4.69) is 203 Å². The molecule has 0 N–H and O–H groups in total. The van der Waals surface area contributed by atoms with Crippen molar-refractivity contribution in [1.29, 1.82) is 0 Å². The van der Waals surface area contributed by atoms with Crippen molar-refractivity contribution < 1.29 is 0 Å². The molecule has 0 aliphatic heterocycles. The predicted molar refractivity (Wildman–Crippen MR) is 211 cm³/mol. The summed E-state index contributed by atoms with van der Waals surface area (Å²) >= 11 is 0. The van der Waals surface area contributed by atoms with Crippen LogP contribution in [0, 0.1) is 0 Å². The van der Waals surface area contributed by atoms with Crippen LogP contribution >= 0.6 is 0 Å². The molecule has 2 aromatic heterocycles. The second-order valence-electron chi connectivity index (χ2n) is 13.0. The molecule has 0 fully saturated rings. The molecule has 0 unspecified atom stereocenters. The quantitative estimate of drug-likeness (QED) is 0.178. The minimum absolute atomic E-state index is 1.14. The summed E-state index contributed by atoms with van der Waals surface area (Å²) in [5, 5.41) is 5.00. The van der Waals surface area contributed by atoms with Gasteiger partial charge in [-0.3, -0.25) is 0 Å². The largest absolute Gasteiger partial charge is 0.309 e. The maximum atomic E-state index is 2.49. The van der Waals surface area contributed by atoms with Gasteiger partial charge in [-0.1, -0.05) is 152 Å². The maximum absolute atomic E-state index is 2.49. The third kappa shape index (κ3) is 4.50. The van der Waals surface area contributed by atoms with E-state index in [1.54, 1.807) is 0 Å². The van der Waals surface area contributed by atoms with Crippen LogP contribution < -0.4 is 0 Å². The normalized spacial score (nSPS) is 11.6. The number of hydrogen-bond donors (Lipinski definition) is 0. The van der Waals surface area contributed by atoms with Gasteiger partial charge < -0.3 is 9.13 Å². The molecular formula is C48H32N2. The lowest BCUT2D eigenvalue weighted by atomic mass is 10.0. The van der Waals surface area contributed by atoms with Crippen molar-refractivity contribution in [2.24, 2.45) is 0 Å². The zero-order chi connectivity index (χ0) is 33.0. The first kappa shape index (κ1) is 28.4. The molecule has 0 saturated carbocycles. The fourth-order valence-electron chi connectivity index (χ4n) is 7.78. The zero-order valence-corrected chi connectivity index (χ0v) is 27.4. The molecule has 50 heavy (non-hydrogen) atoms. The van der Waals surface area contributed by atoms with Crippen molar-refractivity contribution >= 4 is 43.6 Å². The van der Waals surface area contributed by atoms with Crippen molar-refractivity contribution in [1.82, 2.24) is 9.13 Å². The molecule has 0 atom stereocenters. The van der Waals surface area contributed by atoms with Crippen molar-refractivity contribution in [3.05, 3.63) is 194 Å². The number of fused-ring (bicyclic) bond motifs is 7. The summed E-state index contributed by atoms with van der Waals surface area (Å²) in [6.45, 7) is 0. The number of rotatable bonds is 5. The molecule has 0 aliphatic carbocycles. The second-order valence-corrected chi connectivity index (χ2v) is 13.0. The van der Waals surface area contributed by atoms with Gasteiger partial charge >= 0.3 is 0 Å². The molecular weight excluding hydrogens is 605 g/mol. The van der Waals surface area contributed by atoms with E-state index in [4.69, 9.17) is 0 Å². The van der Waals surface area contributed by atoms with E-state index in [9.17, 15) is 0 Å². The van der Waals surface area contributed by atoms with Crippen LogP contribution in [0.5, 0.6) is 0 Å². The number of nitrogens with zero attached hydrogens (tertiary/aromatic N) is 2. The minimum Gasteiger partial charge on any atom is -0.309 e. The molecule has 8 aromatic carbocycles. The molecule has 0 spiro atoms. The van der Waals surface area contributed by atoms with Gasteiger partial charge in [-0.15, -0.1) is 0 Å². The Kier molecular flexibility index (Phi) is 6.53. The van der Waals surface area contributed by atoms with Gasteiger partial charge in [-0.25, -0.2) is 0 Å². The van der Waals surface area contributed by atoms with Crippen molar-refractivity contribution in [3.63, 3.8) is 0 Å². The lowest BCUT2D eigenvalue weighted by molar-refractivity contribution is 1.17. The van der Waals surface area contributed by atoms with Gasteiger partial charge in [0.2, 0.25) is 0 Å². The lowest BCUT2D eigenvalue weighted by Gasteiger charge is -2.12. The van der Waals surface area contributed by atoms with Crippen LogP contribution in [-0.2, 0) is 0 Å². The number of hydrogen-bond acceptors (Lipinski definition) is 0. The number of benzene rings is 8. The SMILES string of the molecule is c1ccc(-c2ccc(-n3c4ccccc4c4c3ccc3c5ccc(-c6ccccc6)cc5n(-c5ccc(-c6ccccc6)cc5)c34)cc2)cc1. The molecule has 234 valence electrons. The highest BCUT2D eigenvalue weighted by molar-refractivity contribution is 6.26. The van der Waals surface area contributed by atoms with E-state index in [1.165, 1.54) is 77.0 Å². The van der Waals surface area contributed by atoms with E-state index in [0.717, 1.165) is 11.4 Å². The third-order valence-corrected chi connectivity index (χ3v) is 10.1. The first-order valence-corrected chi connectivity index (χ1v) is 17.2. The first-order chi connectivity index (χ1) is 24.8. The summed E-state index contributed by atoms with van der Waals surface area (Å²) in [4.78, 5) is 0. The molecule has 0 aliphatic rings. The Morgan fingerprint density at radius 2 is 0.720 bits per heavy atom. The first-order valence-electron chi connectivity index (χ1n) is 17.2. The van der Waals surface area contributed by atoms with Gasteiger partial charge in [-0.05, 0) is 75.8 Å². The van der Waals surface area contributed by atoms with Gasteiger partial charge in [0.25, 0.3) is 0 Å². The van der Waals surface area contributed by atoms with Gasteiger partial charge in [0.15, 0.2) is 0 Å². The highest BCUT2D eigenvalue weighted by atomic mass is 15.0. The summed E-state index contributed by atoms with van der Waals surface area (Å²) in [7, 11) is 0. The Hall–Kier alpha value is -6.64. The molecule has 0 bridgehead atoms. The fraction of sp³-hybridized carbons (Fsp3) is 0. The highest BCUT2D eigenvalue weighted by Gasteiger charge is 2.21. The Labute approximate surface area is 290 Å². The Balaban J connectivity index is 1.26. The predicted octanol–water partition coefficient (Wildman–Crippen LogP) is 12.9. The Morgan fingerprint density at radius 1 is 0.260 bits per heavy atom. The molecule has 0 amide bonds. The average Bonchev–Trinajstić information content (AvgIpc) is 3.71. The summed E-state index contributed by atoms with van der Waals surface area (Å²) in [5.41, 5.74) is 14.4. The van der Waals surface area contributed by atoms with E-state index < -0.39 is 0 Å². The molecule has 2 nitrogen and oxygen atoms in total. The molecule has 0 saturated heterocycles. The van der Waals surface area contributed by atoms with Gasteiger partial charge in [0.1, 0.15) is 0 Å². The zero-order valence-electron chi connectivity index (χ0n) is 27.4. The van der Waals surface area contributed by atoms with Crippen LogP contribution in [0.15, 0.2) is 194 Å². The minimum atomic E-state index is 1.14. The summed E-state index contributed by atoms with van der Waals surface area (Å²) in [6.07, 6.45) is 0. The van der Waals surface area contributed by atoms with Crippen molar-refractivity contribution in [2.45, 2.75) is 0 Å². The maximum Gasteiger partial charge on any atom is 0.0641 e. The highest BCUT2D eigenvalue weighted by Crippen LogP contribution is 2.43. The monoisotopic (exact) mass is 636 g/mol. The van der Waals surface area contributed by atoms with Crippen LogP contribution in [0.4, 0.5) is 0 Å². The van der Waals surface area contributed by atoms with Crippen LogP contribution in [0.1, 0.15) is 0 Å². The molecule has 10 aromatic rings. The molecule has 2 heterocycles. The Bertz CT molecular complexity index is 2810. The summed E-state index contributed by atoms with van der Waals surface area (Å²) in [6, 6.07) is 70.3. The molecule has 2 heteroatoms. The van der Waals surface area contributed by atoms with Crippen molar-refractivity contribution in [3.8, 4) is 44.8 Å². The third-order valence-electron chi connectivity index (χ3n) is 10.1. The standard InChI is InChI=1S/C48H32N2/c1-4-12-33(13-5-1)36-20-25-39(26-21-36)49-44-19-11-10-18-43(44)47-45(49)31-30-42-41-29-24-38(35-16-8-3-9-17-35)32-46(41)50(48(42)47)40-27-22-37(23-28-40)34-14-6-2-7-15-34/h1-32H. The smallest absolute Gasteiger partial charge is 0.0641 e. The van der Waals surface area contributed by atoms with Crippen LogP contribution in [-0.4, -0.2) is 9.13 Å². The van der Waals surface area contributed by atoms with E-state index in [0.29, 0.717) is 0 Å². The van der Waals surface area contributed by atoms with Gasteiger partial charge in [0, 0.05) is 32.9 Å². The van der Waals surface area contributed by atoms with E-state index in [-0.39, 0.29) is 0 Å². The lowest BCUT2D eigenvalue weighted by Crippen LogP contribution is -1.96. The summed E-state index contributed by atoms with van der Waals surface area (Å²) < 4.78 is 4.91. The van der Waals surface area contributed by atoms with Crippen LogP contribution in [0.3, 0.4) is 0 Å². The number of para-hydroxylation sites is 1. The molecule has 10 rings (SSSR count). The topological polar surface area (TPSA) is 9.86 Å². The number of aromatic nitrogens is 2. The van der Waals surface area contributed by atoms with Crippen LogP contribution in [0.25, 0.3) is 88.4 Å². The van der Waals surface area contributed by atoms with E-state index >= 15 is 0 Å². The summed E-state index contributed by atoms with van der Waals surface area (Å²) in [5.74, 6) is 0. The van der Waals surface area contributed by atoms with Gasteiger partial charge in [0.05, 0.1) is 22.1 Å². The van der Waals surface area contributed by atoms with Crippen LogP contribution in [0.2, 0.25) is 0 Å². The fourth-order valence-corrected chi connectivity index (χ4v) is 7.78.